The Balaban J connectivity index is 2.79. The highest BCUT2D eigenvalue weighted by Gasteiger charge is 2.14. The second-order valence-corrected chi connectivity index (χ2v) is 4.31. The Hall–Kier alpha value is -1.50. The van der Waals surface area contributed by atoms with Crippen molar-refractivity contribution in [1.82, 2.24) is 5.32 Å². The molecule has 19 heavy (non-hydrogen) atoms. The standard InChI is InChI=1S/C11H12Cl2N2O4/c1-19-3-2-14-11(18)15-9-7(12)4-6(10(16)17)5-8(9)13/h4-5H,2-3H2,1H3,(H,16,17)(H2,14,15,18). The Bertz CT molecular complexity index is 471. The maximum atomic E-state index is 11.5. The first-order chi connectivity index (χ1) is 8.95. The molecule has 0 aromatic heterocycles. The van der Waals surface area contributed by atoms with Gasteiger partial charge in [0.1, 0.15) is 0 Å². The molecule has 0 aliphatic carbocycles. The molecular weight excluding hydrogens is 295 g/mol. The number of hydrogen-bond donors (Lipinski definition) is 3. The molecule has 8 heteroatoms. The van der Waals surface area contributed by atoms with Crippen molar-refractivity contribution in [3.05, 3.63) is 27.7 Å². The van der Waals surface area contributed by atoms with E-state index in [1.807, 2.05) is 0 Å². The number of carbonyl (C=O) groups excluding carboxylic acids is 1. The monoisotopic (exact) mass is 306 g/mol. The Morgan fingerprint density at radius 3 is 2.37 bits per heavy atom. The van der Waals surface area contributed by atoms with Crippen molar-refractivity contribution in [2.24, 2.45) is 0 Å². The highest BCUT2D eigenvalue weighted by atomic mass is 35.5. The van der Waals surface area contributed by atoms with Crippen LogP contribution < -0.4 is 10.6 Å². The molecule has 0 fully saturated rings. The third kappa shape index (κ3) is 4.59. The molecule has 0 unspecified atom stereocenters. The summed E-state index contributed by atoms with van der Waals surface area (Å²) < 4.78 is 4.77. The van der Waals surface area contributed by atoms with Crippen LogP contribution in [0.1, 0.15) is 10.4 Å². The van der Waals surface area contributed by atoms with Gasteiger partial charge in [-0.25, -0.2) is 9.59 Å². The molecule has 0 spiro atoms. The normalized spacial score (nSPS) is 10.1. The van der Waals surface area contributed by atoms with Crippen LogP contribution in [0.3, 0.4) is 0 Å². The largest absolute Gasteiger partial charge is 0.478 e. The predicted molar refractivity (Wildman–Crippen MR) is 72.3 cm³/mol. The van der Waals surface area contributed by atoms with Gasteiger partial charge in [-0.3, -0.25) is 0 Å². The molecule has 104 valence electrons. The predicted octanol–water partition coefficient (Wildman–Crippen LogP) is 2.46. The van der Waals surface area contributed by atoms with Crippen LogP contribution >= 0.6 is 23.2 Å². The van der Waals surface area contributed by atoms with Crippen LogP contribution in [0, 0.1) is 0 Å². The third-order valence-electron chi connectivity index (χ3n) is 2.12. The quantitative estimate of drug-likeness (QED) is 0.729. The molecule has 0 aliphatic rings. The number of rotatable bonds is 5. The molecule has 0 atom stereocenters. The number of nitrogens with one attached hydrogen (secondary N) is 2. The molecule has 1 aromatic carbocycles. The average molecular weight is 307 g/mol. The molecule has 0 aliphatic heterocycles. The van der Waals surface area contributed by atoms with E-state index in [9.17, 15) is 9.59 Å². The Kier molecular flexibility index (Phi) is 5.88. The Morgan fingerprint density at radius 2 is 1.89 bits per heavy atom. The molecule has 0 radical (unpaired) electrons. The second-order valence-electron chi connectivity index (χ2n) is 3.49. The molecule has 1 aromatic rings. The van der Waals surface area contributed by atoms with E-state index >= 15 is 0 Å². The molecule has 3 N–H and O–H groups in total. The lowest BCUT2D eigenvalue weighted by atomic mass is 10.2. The van der Waals surface area contributed by atoms with Crippen molar-refractivity contribution in [2.45, 2.75) is 0 Å². The van der Waals surface area contributed by atoms with Crippen molar-refractivity contribution in [2.75, 3.05) is 25.6 Å². The van der Waals surface area contributed by atoms with Gasteiger partial charge in [0.25, 0.3) is 0 Å². The number of urea groups is 1. The minimum absolute atomic E-state index is 0.0480. The van der Waals surface area contributed by atoms with Gasteiger partial charge in [-0.05, 0) is 12.1 Å². The lowest BCUT2D eigenvalue weighted by Gasteiger charge is -2.11. The zero-order valence-corrected chi connectivity index (χ0v) is 11.5. The van der Waals surface area contributed by atoms with Gasteiger partial charge in [-0.15, -0.1) is 0 Å². The molecule has 6 nitrogen and oxygen atoms in total. The summed E-state index contributed by atoms with van der Waals surface area (Å²) in [6.07, 6.45) is 0. The van der Waals surface area contributed by atoms with Crippen LogP contribution in [0.4, 0.5) is 10.5 Å². The molecule has 0 saturated carbocycles. The Labute approximate surface area is 119 Å². The van der Waals surface area contributed by atoms with Crippen molar-refractivity contribution in [1.29, 1.82) is 0 Å². The van der Waals surface area contributed by atoms with E-state index < -0.39 is 12.0 Å². The molecule has 0 bridgehead atoms. The van der Waals surface area contributed by atoms with E-state index in [2.05, 4.69) is 10.6 Å². The van der Waals surface area contributed by atoms with Crippen molar-refractivity contribution >= 4 is 40.9 Å². The molecule has 1 rings (SSSR count). The maximum absolute atomic E-state index is 11.5. The van der Waals surface area contributed by atoms with Gasteiger partial charge in [0.15, 0.2) is 0 Å². The second kappa shape index (κ2) is 7.18. The van der Waals surface area contributed by atoms with E-state index in [1.165, 1.54) is 19.2 Å². The number of hydrogen-bond acceptors (Lipinski definition) is 3. The number of halogens is 2. The first kappa shape index (κ1) is 15.6. The topological polar surface area (TPSA) is 87.7 Å². The highest BCUT2D eigenvalue weighted by molar-refractivity contribution is 6.40. The van der Waals surface area contributed by atoms with Crippen LogP contribution in [0.15, 0.2) is 12.1 Å². The zero-order chi connectivity index (χ0) is 14.4. The van der Waals surface area contributed by atoms with Gasteiger partial charge >= 0.3 is 12.0 Å². The minimum atomic E-state index is -1.15. The number of ether oxygens (including phenoxy) is 1. The van der Waals surface area contributed by atoms with Crippen molar-refractivity contribution < 1.29 is 19.4 Å². The molecule has 0 saturated heterocycles. The summed E-state index contributed by atoms with van der Waals surface area (Å²) in [6.45, 7) is 0.692. The van der Waals surface area contributed by atoms with Gasteiger partial charge in [0.05, 0.1) is 27.9 Å². The molecular formula is C11H12Cl2N2O4. The van der Waals surface area contributed by atoms with E-state index in [4.69, 9.17) is 33.0 Å². The summed E-state index contributed by atoms with van der Waals surface area (Å²) in [5, 5.41) is 13.9. The first-order valence-electron chi connectivity index (χ1n) is 5.21. The zero-order valence-electron chi connectivity index (χ0n) is 10.00. The number of benzene rings is 1. The number of aromatic carboxylic acids is 1. The number of carbonyl (C=O) groups is 2. The lowest BCUT2D eigenvalue weighted by molar-refractivity contribution is 0.0697. The maximum Gasteiger partial charge on any atom is 0.335 e. The fourth-order valence-corrected chi connectivity index (χ4v) is 1.82. The summed E-state index contributed by atoms with van der Waals surface area (Å²) in [4.78, 5) is 22.3. The molecule has 2 amide bonds. The lowest BCUT2D eigenvalue weighted by Crippen LogP contribution is -2.31. The van der Waals surface area contributed by atoms with Gasteiger partial charge in [0.2, 0.25) is 0 Å². The number of anilines is 1. The SMILES string of the molecule is COCCNC(=O)Nc1c(Cl)cc(C(=O)O)cc1Cl. The summed E-state index contributed by atoms with van der Waals surface area (Å²) in [5.41, 5.74) is 0.101. The Morgan fingerprint density at radius 1 is 1.32 bits per heavy atom. The van der Waals surface area contributed by atoms with E-state index in [0.717, 1.165) is 0 Å². The summed E-state index contributed by atoms with van der Waals surface area (Å²) in [6, 6.07) is 1.91. The number of carboxylic acids is 1. The average Bonchev–Trinajstić information content (AvgIpc) is 2.33. The van der Waals surface area contributed by atoms with Crippen molar-refractivity contribution in [3.8, 4) is 0 Å². The van der Waals surface area contributed by atoms with Gasteiger partial charge in [-0.1, -0.05) is 23.2 Å². The smallest absolute Gasteiger partial charge is 0.335 e. The highest BCUT2D eigenvalue weighted by Crippen LogP contribution is 2.31. The van der Waals surface area contributed by atoms with Gasteiger partial charge in [0, 0.05) is 13.7 Å². The summed E-state index contributed by atoms with van der Waals surface area (Å²) in [5.74, 6) is -1.15. The van der Waals surface area contributed by atoms with Gasteiger partial charge < -0.3 is 20.5 Å². The number of amides is 2. The third-order valence-corrected chi connectivity index (χ3v) is 2.72. The minimum Gasteiger partial charge on any atom is -0.478 e. The fraction of sp³-hybridized carbons (Fsp3) is 0.273. The van der Waals surface area contributed by atoms with Crippen LogP contribution in [0.2, 0.25) is 10.0 Å². The first-order valence-corrected chi connectivity index (χ1v) is 5.97. The van der Waals surface area contributed by atoms with Gasteiger partial charge in [-0.2, -0.15) is 0 Å². The van der Waals surface area contributed by atoms with Crippen LogP contribution in [0.25, 0.3) is 0 Å². The fourth-order valence-electron chi connectivity index (χ4n) is 1.24. The van der Waals surface area contributed by atoms with Crippen LogP contribution in [-0.2, 0) is 4.74 Å². The van der Waals surface area contributed by atoms with E-state index in [0.29, 0.717) is 13.2 Å². The number of methoxy groups -OCH3 is 1. The van der Waals surface area contributed by atoms with E-state index in [1.54, 1.807) is 0 Å². The van der Waals surface area contributed by atoms with Crippen molar-refractivity contribution in [3.63, 3.8) is 0 Å². The number of carboxylic acid groups (broad SMARTS) is 1. The molecule has 0 heterocycles. The summed E-state index contributed by atoms with van der Waals surface area (Å²) >= 11 is 11.7. The van der Waals surface area contributed by atoms with E-state index in [-0.39, 0.29) is 21.3 Å². The van der Waals surface area contributed by atoms with Crippen LogP contribution in [0.5, 0.6) is 0 Å². The van der Waals surface area contributed by atoms with Crippen LogP contribution in [-0.4, -0.2) is 37.4 Å². The summed E-state index contributed by atoms with van der Waals surface area (Å²) in [7, 11) is 1.51.